The van der Waals surface area contributed by atoms with Gasteiger partial charge in [-0.3, -0.25) is 9.59 Å². The molecule has 0 aromatic heterocycles. The average Bonchev–Trinajstić information content (AvgIpc) is 2.57. The molecule has 7 nitrogen and oxygen atoms in total. The maximum atomic E-state index is 11.2. The van der Waals surface area contributed by atoms with Crippen LogP contribution in [0.25, 0.3) is 5.70 Å². The molecule has 25 heavy (non-hydrogen) atoms. The molecule has 0 radical (unpaired) electrons. The minimum Gasteiger partial charge on any atom is -0.494 e. The van der Waals surface area contributed by atoms with Gasteiger partial charge in [0, 0.05) is 5.94 Å². The maximum absolute atomic E-state index is 11.2. The summed E-state index contributed by atoms with van der Waals surface area (Å²) in [4.78, 5) is 33.8. The number of aliphatic hydroxyl groups is 1. The van der Waals surface area contributed by atoms with Crippen molar-refractivity contribution in [3.8, 4) is 5.75 Å². The second-order valence-electron chi connectivity index (χ2n) is 4.66. The maximum Gasteiger partial charge on any atom is 1.00 e. The van der Waals surface area contributed by atoms with E-state index in [0.29, 0.717) is 17.7 Å². The summed E-state index contributed by atoms with van der Waals surface area (Å²) in [5, 5.41) is 8.81. The van der Waals surface area contributed by atoms with Crippen LogP contribution in [0.4, 0.5) is 0 Å². The molecule has 0 bridgehead atoms. The van der Waals surface area contributed by atoms with Crippen molar-refractivity contribution < 1.29 is 75.6 Å². The van der Waals surface area contributed by atoms with Crippen LogP contribution in [0.15, 0.2) is 24.3 Å². The standard InChI is InChI=1S/C17H18N2O5.K/c1-2-13-11-14(24-10-9-22)3-4-15(13)16(5-7-20)19(6-8-21)12-17(18)23;/h3-5,11,22H,2,9-10,12H2,1H3,(H2,18,23);/q-2;+1/b16-5-;. The third kappa shape index (κ3) is 7.66. The second-order valence-corrected chi connectivity index (χ2v) is 4.66. The van der Waals surface area contributed by atoms with E-state index < -0.39 is 5.91 Å². The Balaban J connectivity index is 0.00000576. The Morgan fingerprint density at radius 1 is 1.48 bits per heavy atom. The van der Waals surface area contributed by atoms with Gasteiger partial charge in [0.2, 0.25) is 5.91 Å². The van der Waals surface area contributed by atoms with Gasteiger partial charge < -0.3 is 25.3 Å². The topological polar surface area (TPSA) is 110 Å². The number of nitrogens with zero attached hydrogens (tertiary/aromatic N) is 1. The molecule has 0 aliphatic heterocycles. The zero-order valence-electron chi connectivity index (χ0n) is 14.2. The second kappa shape index (κ2) is 13.0. The Morgan fingerprint density at radius 3 is 2.72 bits per heavy atom. The third-order valence-corrected chi connectivity index (χ3v) is 3.07. The van der Waals surface area contributed by atoms with Crippen LogP contribution < -0.4 is 61.9 Å². The van der Waals surface area contributed by atoms with Gasteiger partial charge in [0.15, 0.2) is 0 Å². The molecule has 0 unspecified atom stereocenters. The Kier molecular flexibility index (Phi) is 12.4. The molecule has 0 spiro atoms. The average molecular weight is 369 g/mol. The van der Waals surface area contributed by atoms with Crippen molar-refractivity contribution >= 4 is 23.8 Å². The van der Waals surface area contributed by atoms with E-state index in [1.165, 1.54) is 5.94 Å². The first-order valence-corrected chi connectivity index (χ1v) is 7.20. The molecule has 0 saturated heterocycles. The first-order chi connectivity index (χ1) is 11.6. The number of hydrogen-bond acceptors (Lipinski definition) is 6. The zero-order valence-corrected chi connectivity index (χ0v) is 17.4. The molecule has 1 amide bonds. The predicted octanol–water partition coefficient (Wildman–Crippen LogP) is -2.99. The van der Waals surface area contributed by atoms with E-state index in [-0.39, 0.29) is 76.8 Å². The first kappa shape index (κ1) is 23.7. The molecule has 1 rings (SSSR count). The monoisotopic (exact) mass is 369 g/mol. The van der Waals surface area contributed by atoms with E-state index in [1.54, 1.807) is 24.5 Å². The molecule has 0 atom stereocenters. The fourth-order valence-corrected chi connectivity index (χ4v) is 2.12. The Morgan fingerprint density at radius 2 is 2.20 bits per heavy atom. The third-order valence-electron chi connectivity index (χ3n) is 3.07. The van der Waals surface area contributed by atoms with Crippen LogP contribution >= 0.6 is 0 Å². The summed E-state index contributed by atoms with van der Waals surface area (Å²) in [6.07, 6.45) is 5.54. The molecular weight excluding hydrogens is 351 g/mol. The summed E-state index contributed by atoms with van der Waals surface area (Å²) in [5.41, 5.74) is 6.81. The number of ether oxygens (including phenoxy) is 1. The van der Waals surface area contributed by atoms with Gasteiger partial charge in [0.25, 0.3) is 0 Å². The van der Waals surface area contributed by atoms with Gasteiger partial charge in [-0.15, -0.1) is 5.70 Å². The van der Waals surface area contributed by atoms with Crippen LogP contribution in [0.1, 0.15) is 18.1 Å². The number of aryl methyl sites for hydroxylation is 1. The molecule has 0 saturated carbocycles. The number of nitrogens with two attached hydrogens (primary N) is 1. The summed E-state index contributed by atoms with van der Waals surface area (Å²) in [7, 11) is 0. The fourth-order valence-electron chi connectivity index (χ4n) is 2.12. The summed E-state index contributed by atoms with van der Waals surface area (Å²) < 4.78 is 5.35. The smallest absolute Gasteiger partial charge is 0.494 e. The van der Waals surface area contributed by atoms with Crippen LogP contribution in [0.2, 0.25) is 0 Å². The first-order valence-electron chi connectivity index (χ1n) is 7.20. The molecule has 0 aliphatic carbocycles. The number of benzene rings is 1. The van der Waals surface area contributed by atoms with E-state index in [2.05, 4.69) is 6.20 Å². The van der Waals surface area contributed by atoms with Crippen LogP contribution in [0.5, 0.6) is 5.75 Å². The molecule has 0 aliphatic rings. The van der Waals surface area contributed by atoms with Crippen molar-refractivity contribution in [3.63, 3.8) is 0 Å². The molecule has 1 aromatic carbocycles. The minimum absolute atomic E-state index is 0. The van der Waals surface area contributed by atoms with Gasteiger partial charge in [0.1, 0.15) is 12.4 Å². The number of allylic oxidation sites excluding steroid dienone is 1. The van der Waals surface area contributed by atoms with Crippen molar-refractivity contribution in [3.05, 3.63) is 41.6 Å². The van der Waals surface area contributed by atoms with Crippen LogP contribution in [-0.2, 0) is 20.8 Å². The Hall–Kier alpha value is -1.25. The van der Waals surface area contributed by atoms with E-state index >= 15 is 0 Å². The van der Waals surface area contributed by atoms with Crippen LogP contribution in [0, 0.1) is 6.20 Å². The molecule has 0 heterocycles. The summed E-state index contributed by atoms with van der Waals surface area (Å²) >= 11 is 0. The number of carbonyl (C=O) groups is 1. The van der Waals surface area contributed by atoms with Crippen LogP contribution in [-0.4, -0.2) is 47.9 Å². The number of carbonyl (C=O) groups excluding carboxylic acids is 3. The molecule has 0 fully saturated rings. The van der Waals surface area contributed by atoms with Crippen LogP contribution in [0.3, 0.4) is 0 Å². The normalized spacial score (nSPS) is 10.2. The van der Waals surface area contributed by atoms with Crippen molar-refractivity contribution in [1.82, 2.24) is 4.90 Å². The number of amides is 1. The van der Waals surface area contributed by atoms with E-state index in [1.807, 2.05) is 6.92 Å². The largest absolute Gasteiger partial charge is 1.00 e. The number of primary amides is 1. The van der Waals surface area contributed by atoms with Gasteiger partial charge in [-0.25, -0.2) is 0 Å². The van der Waals surface area contributed by atoms with Gasteiger partial charge in [0.05, 0.1) is 13.2 Å². The molecule has 3 N–H and O–H groups in total. The van der Waals surface area contributed by atoms with E-state index in [9.17, 15) is 14.4 Å². The summed E-state index contributed by atoms with van der Waals surface area (Å²) in [6, 6.07) is 5.07. The molecular formula is C17H18KN2O5-. The van der Waals surface area contributed by atoms with Crippen molar-refractivity contribution in [1.29, 1.82) is 0 Å². The van der Waals surface area contributed by atoms with Crippen molar-refractivity contribution in [2.75, 3.05) is 19.8 Å². The summed E-state index contributed by atoms with van der Waals surface area (Å²) in [6.45, 7) is 1.60. The Bertz CT molecular complexity index is 669. The summed E-state index contributed by atoms with van der Waals surface area (Å²) in [5.74, 6) is 1.31. The zero-order chi connectivity index (χ0) is 17.9. The van der Waals surface area contributed by atoms with Gasteiger partial charge >= 0.3 is 51.4 Å². The fraction of sp³-hybridized carbons (Fsp3) is 0.294. The molecule has 128 valence electrons. The molecule has 1 aromatic rings. The molecule has 8 heteroatoms. The van der Waals surface area contributed by atoms with Crippen molar-refractivity contribution in [2.45, 2.75) is 13.3 Å². The SMILES string of the molecule is CCc1cc(OCCO)ccc1/C(=C/[C-]=O)N([C-]=C=O)CC(N)=O.[K+]. The van der Waals surface area contributed by atoms with Crippen molar-refractivity contribution in [2.24, 2.45) is 5.73 Å². The van der Waals surface area contributed by atoms with Gasteiger partial charge in [-0.1, -0.05) is 30.3 Å². The quantitative estimate of drug-likeness (QED) is 0.150. The number of rotatable bonds is 10. The number of hydrogen-bond donors (Lipinski definition) is 2. The number of aliphatic hydroxyl groups excluding tert-OH is 1. The van der Waals surface area contributed by atoms with Gasteiger partial charge in [-0.05, 0) is 24.8 Å². The van der Waals surface area contributed by atoms with Gasteiger partial charge in [-0.2, -0.15) is 6.08 Å². The Labute approximate surface area is 188 Å². The predicted molar refractivity (Wildman–Crippen MR) is 86.9 cm³/mol. The minimum atomic E-state index is -0.699. The van der Waals surface area contributed by atoms with E-state index in [0.717, 1.165) is 16.5 Å². The van der Waals surface area contributed by atoms with E-state index in [4.69, 9.17) is 15.6 Å².